The number of hydrogen-bond donors (Lipinski definition) is 1. The number of nitro groups is 1. The van der Waals surface area contributed by atoms with Gasteiger partial charge in [0.1, 0.15) is 6.04 Å². The summed E-state index contributed by atoms with van der Waals surface area (Å²) < 4.78 is 0. The molecule has 156 valence electrons. The average molecular weight is 418 g/mol. The SMILES string of the molecule is Cc1ccc([N+](=O)[O-])cc1N1C(=O)[C@@H]2[C@H](C1=O)[C@@H]1C=Cc3ccccc3N1[C@@H]2C(N)=O. The molecule has 2 fully saturated rings. The number of rotatable bonds is 3. The second-order valence-electron chi connectivity index (χ2n) is 7.95. The van der Waals surface area contributed by atoms with Crippen LogP contribution in [-0.2, 0) is 14.4 Å². The molecule has 2 saturated heterocycles. The van der Waals surface area contributed by atoms with E-state index < -0.39 is 46.6 Å². The van der Waals surface area contributed by atoms with Gasteiger partial charge in [-0.2, -0.15) is 0 Å². The first-order valence-corrected chi connectivity index (χ1v) is 9.79. The summed E-state index contributed by atoms with van der Waals surface area (Å²) in [5.41, 5.74) is 7.82. The highest BCUT2D eigenvalue weighted by Gasteiger charge is 2.64. The predicted molar refractivity (Wildman–Crippen MR) is 112 cm³/mol. The number of imide groups is 1. The van der Waals surface area contributed by atoms with Gasteiger partial charge in [0.05, 0.1) is 28.5 Å². The van der Waals surface area contributed by atoms with Gasteiger partial charge in [-0.3, -0.25) is 24.5 Å². The number of amides is 3. The maximum absolute atomic E-state index is 13.5. The van der Waals surface area contributed by atoms with Crippen LogP contribution in [0.2, 0.25) is 0 Å². The average Bonchev–Trinajstić information content (AvgIpc) is 3.22. The molecule has 9 nitrogen and oxygen atoms in total. The van der Waals surface area contributed by atoms with Crippen molar-refractivity contribution in [1.29, 1.82) is 0 Å². The summed E-state index contributed by atoms with van der Waals surface area (Å²) in [6, 6.07) is 9.92. The van der Waals surface area contributed by atoms with E-state index in [1.165, 1.54) is 18.2 Å². The zero-order valence-electron chi connectivity index (χ0n) is 16.5. The number of para-hydroxylation sites is 1. The summed E-state index contributed by atoms with van der Waals surface area (Å²) in [5.74, 6) is -3.52. The van der Waals surface area contributed by atoms with Gasteiger partial charge < -0.3 is 10.6 Å². The van der Waals surface area contributed by atoms with Crippen LogP contribution in [0.5, 0.6) is 0 Å². The number of benzene rings is 2. The maximum Gasteiger partial charge on any atom is 0.271 e. The van der Waals surface area contributed by atoms with Crippen molar-refractivity contribution in [2.75, 3.05) is 9.80 Å². The lowest BCUT2D eigenvalue weighted by molar-refractivity contribution is -0.384. The molecule has 0 saturated carbocycles. The van der Waals surface area contributed by atoms with E-state index in [9.17, 15) is 24.5 Å². The van der Waals surface area contributed by atoms with E-state index in [1.54, 1.807) is 11.8 Å². The Kier molecular flexibility index (Phi) is 3.98. The number of anilines is 2. The number of primary amides is 1. The van der Waals surface area contributed by atoms with E-state index in [2.05, 4.69) is 0 Å². The molecule has 2 aromatic rings. The van der Waals surface area contributed by atoms with Crippen molar-refractivity contribution in [1.82, 2.24) is 0 Å². The molecule has 3 heterocycles. The minimum absolute atomic E-state index is 0.161. The van der Waals surface area contributed by atoms with Crippen molar-refractivity contribution < 1.29 is 19.3 Å². The summed E-state index contributed by atoms with van der Waals surface area (Å²) in [6.07, 6.45) is 3.69. The first kappa shape index (κ1) is 19.0. The Balaban J connectivity index is 1.63. The molecule has 3 aliphatic heterocycles. The van der Waals surface area contributed by atoms with Crippen LogP contribution < -0.4 is 15.5 Å². The molecule has 3 amide bonds. The third kappa shape index (κ3) is 2.52. The van der Waals surface area contributed by atoms with E-state index in [-0.39, 0.29) is 11.4 Å². The van der Waals surface area contributed by atoms with Crippen LogP contribution in [0.1, 0.15) is 11.1 Å². The zero-order valence-corrected chi connectivity index (χ0v) is 16.5. The minimum atomic E-state index is -0.999. The van der Waals surface area contributed by atoms with Crippen molar-refractivity contribution >= 4 is 40.9 Å². The zero-order chi connectivity index (χ0) is 22.0. The topological polar surface area (TPSA) is 127 Å². The van der Waals surface area contributed by atoms with E-state index in [0.29, 0.717) is 5.56 Å². The number of nitro benzene ring substituents is 1. The van der Waals surface area contributed by atoms with Gasteiger partial charge in [-0.05, 0) is 24.1 Å². The first-order chi connectivity index (χ1) is 14.8. The highest BCUT2D eigenvalue weighted by Crippen LogP contribution is 2.49. The van der Waals surface area contributed by atoms with Crippen LogP contribution in [0.15, 0.2) is 48.5 Å². The van der Waals surface area contributed by atoms with Crippen LogP contribution in [0, 0.1) is 28.9 Å². The van der Waals surface area contributed by atoms with Crippen LogP contribution in [0.4, 0.5) is 17.1 Å². The Labute approximate surface area is 176 Å². The highest BCUT2D eigenvalue weighted by molar-refractivity contribution is 6.25. The van der Waals surface area contributed by atoms with Crippen LogP contribution in [0.25, 0.3) is 6.08 Å². The van der Waals surface area contributed by atoms with Gasteiger partial charge >= 0.3 is 0 Å². The molecule has 5 rings (SSSR count). The third-order valence-corrected chi connectivity index (χ3v) is 6.35. The van der Waals surface area contributed by atoms with Crippen molar-refractivity contribution in [3.05, 3.63) is 69.8 Å². The lowest BCUT2D eigenvalue weighted by atomic mass is 9.88. The summed E-state index contributed by atoms with van der Waals surface area (Å²) in [6.45, 7) is 1.67. The number of aryl methyl sites for hydroxylation is 1. The molecule has 0 bridgehead atoms. The Morgan fingerprint density at radius 3 is 2.48 bits per heavy atom. The number of non-ortho nitro benzene ring substituents is 1. The molecule has 0 radical (unpaired) electrons. The van der Waals surface area contributed by atoms with Gasteiger partial charge in [-0.15, -0.1) is 0 Å². The molecule has 0 aliphatic carbocycles. The number of carbonyl (C=O) groups is 3. The van der Waals surface area contributed by atoms with Gasteiger partial charge in [-0.25, -0.2) is 4.90 Å². The number of nitrogens with zero attached hydrogens (tertiary/aromatic N) is 3. The molecule has 3 aliphatic rings. The second kappa shape index (κ2) is 6.49. The summed E-state index contributed by atoms with van der Waals surface area (Å²) in [4.78, 5) is 52.9. The van der Waals surface area contributed by atoms with Gasteiger partial charge in [0, 0.05) is 17.8 Å². The van der Waals surface area contributed by atoms with Crippen molar-refractivity contribution in [3.8, 4) is 0 Å². The van der Waals surface area contributed by atoms with Crippen LogP contribution in [0.3, 0.4) is 0 Å². The normalized spacial score (nSPS) is 26.0. The van der Waals surface area contributed by atoms with Gasteiger partial charge in [0.15, 0.2) is 0 Å². The summed E-state index contributed by atoms with van der Waals surface area (Å²) in [5, 5.41) is 11.2. The van der Waals surface area contributed by atoms with Crippen molar-refractivity contribution in [3.63, 3.8) is 0 Å². The molecule has 2 aromatic carbocycles. The number of fused-ring (bicyclic) bond motifs is 5. The molecule has 31 heavy (non-hydrogen) atoms. The molecule has 9 heteroatoms. The van der Waals surface area contributed by atoms with Gasteiger partial charge in [0.2, 0.25) is 17.7 Å². The largest absolute Gasteiger partial charge is 0.368 e. The fraction of sp³-hybridized carbons (Fsp3) is 0.227. The maximum atomic E-state index is 13.5. The van der Waals surface area contributed by atoms with E-state index in [1.807, 2.05) is 36.4 Å². The molecule has 0 aromatic heterocycles. The molecule has 0 spiro atoms. The van der Waals surface area contributed by atoms with E-state index in [4.69, 9.17) is 5.73 Å². The molecule has 2 N–H and O–H groups in total. The van der Waals surface area contributed by atoms with Crippen molar-refractivity contribution in [2.24, 2.45) is 17.6 Å². The van der Waals surface area contributed by atoms with Crippen LogP contribution in [-0.4, -0.2) is 34.7 Å². The quantitative estimate of drug-likeness (QED) is 0.460. The Morgan fingerprint density at radius 2 is 1.77 bits per heavy atom. The molecule has 4 atom stereocenters. The van der Waals surface area contributed by atoms with Crippen LogP contribution >= 0.6 is 0 Å². The third-order valence-electron chi connectivity index (χ3n) is 6.35. The lowest BCUT2D eigenvalue weighted by Gasteiger charge is -2.36. The minimum Gasteiger partial charge on any atom is -0.368 e. The smallest absolute Gasteiger partial charge is 0.271 e. The summed E-state index contributed by atoms with van der Waals surface area (Å²) >= 11 is 0. The predicted octanol–water partition coefficient (Wildman–Crippen LogP) is 1.78. The Hall–Kier alpha value is -4.01. The first-order valence-electron chi connectivity index (χ1n) is 9.79. The fourth-order valence-corrected chi connectivity index (χ4v) is 5.03. The fourth-order valence-electron chi connectivity index (χ4n) is 5.03. The van der Waals surface area contributed by atoms with Crippen molar-refractivity contribution in [2.45, 2.75) is 19.0 Å². The second-order valence-corrected chi connectivity index (χ2v) is 7.95. The standard InChI is InChI=1S/C22H18N4O5/c1-11-6-8-13(26(30)31)10-16(11)25-21(28)17-15-9-7-12-4-2-3-5-14(12)24(15)19(20(23)27)18(17)22(25)29/h2-10,15,17-19H,1H3,(H2,23,27)/t15-,17+,18+,19-/m0/s1. The molecular formula is C22H18N4O5. The summed E-state index contributed by atoms with van der Waals surface area (Å²) in [7, 11) is 0. The molecular weight excluding hydrogens is 400 g/mol. The number of hydrogen-bond acceptors (Lipinski definition) is 6. The monoisotopic (exact) mass is 418 g/mol. The Bertz CT molecular complexity index is 1210. The lowest BCUT2D eigenvalue weighted by Crippen LogP contribution is -2.51. The van der Waals surface area contributed by atoms with Gasteiger partial charge in [-0.1, -0.05) is 36.4 Å². The Morgan fingerprint density at radius 1 is 1.06 bits per heavy atom. The number of nitrogens with two attached hydrogens (primary N) is 1. The number of carbonyl (C=O) groups excluding carboxylic acids is 3. The highest BCUT2D eigenvalue weighted by atomic mass is 16.6. The van der Waals surface area contributed by atoms with E-state index >= 15 is 0 Å². The van der Waals surface area contributed by atoms with Gasteiger partial charge in [0.25, 0.3) is 5.69 Å². The molecule has 0 unspecified atom stereocenters. The van der Waals surface area contributed by atoms with E-state index in [0.717, 1.165) is 16.2 Å².